The average molecular weight is 289 g/mol. The maximum absolute atomic E-state index is 8.97. The van der Waals surface area contributed by atoms with Crippen LogP contribution in [-0.2, 0) is 0 Å². The average Bonchev–Trinajstić information content (AvgIpc) is 2.28. The van der Waals surface area contributed by atoms with Crippen LogP contribution in [0.15, 0.2) is 34.9 Å². The number of aryl methyl sites for hydroxylation is 1. The van der Waals surface area contributed by atoms with Gasteiger partial charge in [-0.15, -0.1) is 0 Å². The summed E-state index contributed by atoms with van der Waals surface area (Å²) in [6.07, 6.45) is 0. The van der Waals surface area contributed by atoms with Crippen molar-refractivity contribution in [3.05, 3.63) is 46.3 Å². The van der Waals surface area contributed by atoms with Crippen molar-refractivity contribution in [2.45, 2.75) is 6.92 Å². The minimum absolute atomic E-state index is 0.583. The predicted molar refractivity (Wildman–Crippen MR) is 68.9 cm³/mol. The first-order chi connectivity index (χ1) is 8.19. The number of nitrogens with zero attached hydrogens (tertiary/aromatic N) is 3. The number of hydrogen-bond donors (Lipinski definition) is 1. The maximum atomic E-state index is 8.97. The van der Waals surface area contributed by atoms with E-state index < -0.39 is 0 Å². The number of nitrogens with one attached hydrogen (secondary N) is 1. The third-order valence-corrected chi connectivity index (χ3v) is 2.52. The molecule has 17 heavy (non-hydrogen) atoms. The highest BCUT2D eigenvalue weighted by atomic mass is 79.9. The summed E-state index contributed by atoms with van der Waals surface area (Å²) in [6, 6.07) is 11.2. The lowest BCUT2D eigenvalue weighted by Crippen LogP contribution is -1.98. The van der Waals surface area contributed by atoms with Gasteiger partial charge in [-0.3, -0.25) is 0 Å². The molecule has 0 spiro atoms. The van der Waals surface area contributed by atoms with Gasteiger partial charge in [0.15, 0.2) is 0 Å². The lowest BCUT2D eigenvalue weighted by Gasteiger charge is -2.07. The highest BCUT2D eigenvalue weighted by molar-refractivity contribution is 9.10. The minimum Gasteiger partial charge on any atom is -0.339 e. The zero-order chi connectivity index (χ0) is 12.3. The number of benzene rings is 1. The first kappa shape index (κ1) is 11.6. The van der Waals surface area contributed by atoms with Crippen molar-refractivity contribution in [3.8, 4) is 6.07 Å². The van der Waals surface area contributed by atoms with E-state index in [1.165, 1.54) is 0 Å². The predicted octanol–water partition coefficient (Wildman–Crippen LogP) is 3.16. The molecule has 2 rings (SSSR count). The van der Waals surface area contributed by atoms with Crippen molar-refractivity contribution < 1.29 is 0 Å². The third-order valence-electron chi connectivity index (χ3n) is 2.12. The van der Waals surface area contributed by atoms with E-state index in [0.29, 0.717) is 21.8 Å². The lowest BCUT2D eigenvalue weighted by atomic mass is 10.2. The van der Waals surface area contributed by atoms with Crippen molar-refractivity contribution in [2.24, 2.45) is 0 Å². The molecule has 5 heteroatoms. The Morgan fingerprint density at radius 1 is 1.29 bits per heavy atom. The van der Waals surface area contributed by atoms with E-state index in [-0.39, 0.29) is 0 Å². The second-order valence-corrected chi connectivity index (χ2v) is 4.22. The molecule has 0 radical (unpaired) electrons. The zero-order valence-corrected chi connectivity index (χ0v) is 10.7. The third kappa shape index (κ3) is 2.80. The van der Waals surface area contributed by atoms with Crippen LogP contribution in [0.3, 0.4) is 0 Å². The van der Waals surface area contributed by atoms with Gasteiger partial charge in [0.2, 0.25) is 0 Å². The summed E-state index contributed by atoms with van der Waals surface area (Å²) in [4.78, 5) is 8.36. The molecule has 0 aliphatic carbocycles. The number of hydrogen-bond acceptors (Lipinski definition) is 4. The van der Waals surface area contributed by atoms with Crippen LogP contribution in [-0.4, -0.2) is 9.97 Å². The molecule has 0 saturated heterocycles. The molecule has 0 atom stereocenters. The van der Waals surface area contributed by atoms with Gasteiger partial charge in [-0.25, -0.2) is 9.97 Å². The molecule has 0 bridgehead atoms. The van der Waals surface area contributed by atoms with Crippen LogP contribution in [0.4, 0.5) is 11.5 Å². The van der Waals surface area contributed by atoms with E-state index in [4.69, 9.17) is 5.26 Å². The lowest BCUT2D eigenvalue weighted by molar-refractivity contribution is 1.04. The summed E-state index contributed by atoms with van der Waals surface area (Å²) in [6.45, 7) is 1.81. The number of halogens is 1. The first-order valence-electron chi connectivity index (χ1n) is 4.96. The summed E-state index contributed by atoms with van der Waals surface area (Å²) in [7, 11) is 0. The van der Waals surface area contributed by atoms with Gasteiger partial charge in [0.1, 0.15) is 22.3 Å². The summed E-state index contributed by atoms with van der Waals surface area (Å²) in [5.41, 5.74) is 1.32. The van der Waals surface area contributed by atoms with E-state index in [1.807, 2.05) is 25.1 Å². The molecule has 0 fully saturated rings. The Balaban J connectivity index is 2.35. The molecular weight excluding hydrogens is 280 g/mol. The molecule has 4 nitrogen and oxygen atoms in total. The molecule has 0 saturated carbocycles. The second-order valence-electron chi connectivity index (χ2n) is 3.41. The van der Waals surface area contributed by atoms with Crippen LogP contribution >= 0.6 is 15.9 Å². The van der Waals surface area contributed by atoms with Crippen LogP contribution in [0, 0.1) is 18.3 Å². The number of aromatic nitrogens is 2. The van der Waals surface area contributed by atoms with Gasteiger partial charge in [0, 0.05) is 6.07 Å². The van der Waals surface area contributed by atoms with Crippen molar-refractivity contribution in [1.29, 1.82) is 5.26 Å². The van der Waals surface area contributed by atoms with Gasteiger partial charge in [-0.05, 0) is 35.0 Å². The minimum atomic E-state index is 0.583. The molecule has 0 aliphatic rings. The summed E-state index contributed by atoms with van der Waals surface area (Å²) < 4.78 is 0.710. The Kier molecular flexibility index (Phi) is 3.35. The SMILES string of the molecule is Cc1nc(Br)cc(Nc2ccccc2C#N)n1. The Labute approximate surface area is 107 Å². The van der Waals surface area contributed by atoms with E-state index >= 15 is 0 Å². The van der Waals surface area contributed by atoms with E-state index in [2.05, 4.69) is 37.3 Å². The number of nitriles is 1. The van der Waals surface area contributed by atoms with Gasteiger partial charge in [0.05, 0.1) is 11.3 Å². The fourth-order valence-corrected chi connectivity index (χ4v) is 1.90. The number of anilines is 2. The second kappa shape index (κ2) is 4.93. The number of para-hydroxylation sites is 1. The fraction of sp³-hybridized carbons (Fsp3) is 0.0833. The van der Waals surface area contributed by atoms with Gasteiger partial charge >= 0.3 is 0 Å². The molecule has 1 heterocycles. The summed E-state index contributed by atoms with van der Waals surface area (Å²) in [5, 5.41) is 12.1. The smallest absolute Gasteiger partial charge is 0.135 e. The largest absolute Gasteiger partial charge is 0.339 e. The molecular formula is C12H9BrN4. The van der Waals surface area contributed by atoms with Crippen LogP contribution in [0.1, 0.15) is 11.4 Å². The van der Waals surface area contributed by atoms with Crippen LogP contribution in [0.25, 0.3) is 0 Å². The molecule has 84 valence electrons. The highest BCUT2D eigenvalue weighted by Gasteiger charge is 2.03. The molecule has 0 amide bonds. The van der Waals surface area contributed by atoms with Crippen molar-refractivity contribution in [3.63, 3.8) is 0 Å². The van der Waals surface area contributed by atoms with Crippen molar-refractivity contribution in [2.75, 3.05) is 5.32 Å². The monoisotopic (exact) mass is 288 g/mol. The van der Waals surface area contributed by atoms with Crippen molar-refractivity contribution >= 4 is 27.4 Å². The van der Waals surface area contributed by atoms with E-state index in [9.17, 15) is 0 Å². The van der Waals surface area contributed by atoms with E-state index in [0.717, 1.165) is 5.69 Å². The highest BCUT2D eigenvalue weighted by Crippen LogP contribution is 2.20. The summed E-state index contributed by atoms with van der Waals surface area (Å²) >= 11 is 3.31. The molecule has 0 unspecified atom stereocenters. The van der Waals surface area contributed by atoms with Gasteiger partial charge in [-0.1, -0.05) is 12.1 Å². The maximum Gasteiger partial charge on any atom is 0.135 e. The quantitative estimate of drug-likeness (QED) is 0.863. The standard InChI is InChI=1S/C12H9BrN4/c1-8-15-11(13)6-12(16-8)17-10-5-3-2-4-9(10)7-14/h2-6H,1H3,(H,15,16,17). The van der Waals surface area contributed by atoms with Crippen LogP contribution in [0.5, 0.6) is 0 Å². The molecule has 1 N–H and O–H groups in total. The summed E-state index contributed by atoms with van der Waals surface area (Å²) in [5.74, 6) is 1.32. The Bertz CT molecular complexity index is 569. The Morgan fingerprint density at radius 2 is 2.06 bits per heavy atom. The normalized spacial score (nSPS) is 9.71. The zero-order valence-electron chi connectivity index (χ0n) is 9.11. The van der Waals surface area contributed by atoms with Crippen molar-refractivity contribution in [1.82, 2.24) is 9.97 Å². The van der Waals surface area contributed by atoms with E-state index in [1.54, 1.807) is 12.1 Å². The molecule has 1 aromatic carbocycles. The van der Waals surface area contributed by atoms with Gasteiger partial charge in [0.25, 0.3) is 0 Å². The fourth-order valence-electron chi connectivity index (χ4n) is 1.42. The number of rotatable bonds is 2. The molecule has 1 aromatic heterocycles. The Morgan fingerprint density at radius 3 is 2.76 bits per heavy atom. The topological polar surface area (TPSA) is 61.6 Å². The van der Waals surface area contributed by atoms with Crippen LogP contribution in [0.2, 0.25) is 0 Å². The first-order valence-corrected chi connectivity index (χ1v) is 5.75. The Hall–Kier alpha value is -1.93. The van der Waals surface area contributed by atoms with Gasteiger partial charge in [-0.2, -0.15) is 5.26 Å². The van der Waals surface area contributed by atoms with Gasteiger partial charge < -0.3 is 5.32 Å². The molecule has 0 aliphatic heterocycles. The van der Waals surface area contributed by atoms with Crippen LogP contribution < -0.4 is 5.32 Å². The molecule has 2 aromatic rings.